The third-order valence-electron chi connectivity index (χ3n) is 2.62. The highest BCUT2D eigenvalue weighted by Gasteiger charge is 2.29. The highest BCUT2D eigenvalue weighted by Crippen LogP contribution is 2.32. The minimum atomic E-state index is -0.0213. The van der Waals surface area contributed by atoms with Crippen molar-refractivity contribution in [2.24, 2.45) is 11.8 Å². The van der Waals surface area contributed by atoms with E-state index < -0.39 is 0 Å². The van der Waals surface area contributed by atoms with Crippen molar-refractivity contribution in [3.05, 3.63) is 0 Å². The molecule has 2 N–H and O–H groups in total. The Balaban J connectivity index is 2.38. The molecule has 1 saturated carbocycles. The van der Waals surface area contributed by atoms with Gasteiger partial charge in [0.1, 0.15) is 0 Å². The molecule has 0 bridgehead atoms. The molecule has 0 heterocycles. The van der Waals surface area contributed by atoms with E-state index in [1.54, 1.807) is 0 Å². The van der Waals surface area contributed by atoms with E-state index in [0.717, 1.165) is 18.8 Å². The van der Waals surface area contributed by atoms with E-state index in [9.17, 15) is 0 Å². The van der Waals surface area contributed by atoms with E-state index in [0.29, 0.717) is 0 Å². The molecule has 2 nitrogen and oxygen atoms in total. The monoisotopic (exact) mass is 143 g/mol. The Labute approximate surface area is 62.7 Å². The number of hydrogen-bond donors (Lipinski definition) is 1. The van der Waals surface area contributed by atoms with Crippen molar-refractivity contribution < 1.29 is 4.84 Å². The van der Waals surface area contributed by atoms with E-state index in [-0.39, 0.29) is 5.60 Å². The van der Waals surface area contributed by atoms with Crippen LogP contribution in [0.5, 0.6) is 0 Å². The summed E-state index contributed by atoms with van der Waals surface area (Å²) in [4.78, 5) is 4.93. The zero-order valence-corrected chi connectivity index (χ0v) is 6.89. The first-order chi connectivity index (χ1) is 4.66. The van der Waals surface area contributed by atoms with Crippen molar-refractivity contribution in [3.63, 3.8) is 0 Å². The van der Waals surface area contributed by atoms with Gasteiger partial charge in [-0.1, -0.05) is 6.92 Å². The van der Waals surface area contributed by atoms with Gasteiger partial charge in [-0.15, -0.1) is 0 Å². The molecule has 1 rings (SSSR count). The second kappa shape index (κ2) is 2.89. The Morgan fingerprint density at radius 1 is 1.40 bits per heavy atom. The Bertz CT molecular complexity index is 106. The third-order valence-corrected chi connectivity index (χ3v) is 2.62. The molecule has 0 radical (unpaired) electrons. The first-order valence-electron chi connectivity index (χ1n) is 4.04. The summed E-state index contributed by atoms with van der Waals surface area (Å²) in [6.07, 6.45) is 4.75. The molecular formula is C8H17NO. The van der Waals surface area contributed by atoms with Crippen molar-refractivity contribution in [1.29, 1.82) is 0 Å². The van der Waals surface area contributed by atoms with Crippen LogP contribution in [0.1, 0.15) is 39.5 Å². The lowest BCUT2D eigenvalue weighted by Crippen LogP contribution is -2.35. The normalized spacial score (nSPS) is 41.7. The van der Waals surface area contributed by atoms with Gasteiger partial charge < -0.3 is 0 Å². The molecule has 0 aromatic carbocycles. The largest absolute Gasteiger partial charge is 0.298 e. The van der Waals surface area contributed by atoms with Crippen LogP contribution in [0, 0.1) is 5.92 Å². The van der Waals surface area contributed by atoms with Gasteiger partial charge >= 0.3 is 0 Å². The average Bonchev–Trinajstić information content (AvgIpc) is 1.96. The summed E-state index contributed by atoms with van der Waals surface area (Å²) >= 11 is 0. The van der Waals surface area contributed by atoms with Crippen molar-refractivity contribution in [2.75, 3.05) is 0 Å². The van der Waals surface area contributed by atoms with Gasteiger partial charge in [-0.25, -0.2) is 5.90 Å². The van der Waals surface area contributed by atoms with Gasteiger partial charge in [-0.3, -0.25) is 4.84 Å². The smallest absolute Gasteiger partial charge is 0.0866 e. The molecule has 0 saturated heterocycles. The minimum absolute atomic E-state index is 0.0213. The predicted molar refractivity (Wildman–Crippen MR) is 41.3 cm³/mol. The Morgan fingerprint density at radius 3 is 2.30 bits per heavy atom. The van der Waals surface area contributed by atoms with E-state index >= 15 is 0 Å². The van der Waals surface area contributed by atoms with Crippen LogP contribution in [0.3, 0.4) is 0 Å². The second-order valence-corrected chi connectivity index (χ2v) is 3.75. The van der Waals surface area contributed by atoms with Gasteiger partial charge in [-0.2, -0.15) is 0 Å². The predicted octanol–water partition coefficient (Wildman–Crippen LogP) is 1.85. The lowest BCUT2D eigenvalue weighted by atomic mass is 9.81. The fourth-order valence-electron chi connectivity index (χ4n) is 1.49. The maximum Gasteiger partial charge on any atom is 0.0866 e. The van der Waals surface area contributed by atoms with Crippen molar-refractivity contribution >= 4 is 0 Å². The molecule has 60 valence electrons. The number of nitrogens with two attached hydrogens (primary N) is 1. The summed E-state index contributed by atoms with van der Waals surface area (Å²) in [5.41, 5.74) is -0.0213. The Kier molecular flexibility index (Phi) is 2.32. The van der Waals surface area contributed by atoms with E-state index in [1.165, 1.54) is 12.8 Å². The third kappa shape index (κ3) is 1.70. The standard InChI is InChI=1S/C8H17NO/c1-7-3-5-8(2,10-9)6-4-7/h7H,3-6,9H2,1-2H3. The zero-order valence-electron chi connectivity index (χ0n) is 6.89. The van der Waals surface area contributed by atoms with Crippen LogP contribution in [-0.2, 0) is 4.84 Å². The molecule has 1 fully saturated rings. The van der Waals surface area contributed by atoms with Crippen LogP contribution in [-0.4, -0.2) is 5.60 Å². The summed E-state index contributed by atoms with van der Waals surface area (Å²) in [5.74, 6) is 6.05. The van der Waals surface area contributed by atoms with E-state index in [1.807, 2.05) is 0 Å². The minimum Gasteiger partial charge on any atom is -0.298 e. The van der Waals surface area contributed by atoms with Gasteiger partial charge in [0.2, 0.25) is 0 Å². The molecule has 1 aliphatic carbocycles. The number of hydrogen-bond acceptors (Lipinski definition) is 2. The maximum absolute atomic E-state index is 5.18. The Morgan fingerprint density at radius 2 is 1.90 bits per heavy atom. The topological polar surface area (TPSA) is 35.2 Å². The average molecular weight is 143 g/mol. The van der Waals surface area contributed by atoms with Gasteiger partial charge in [0.15, 0.2) is 0 Å². The van der Waals surface area contributed by atoms with Crippen LogP contribution < -0.4 is 5.90 Å². The molecule has 0 aromatic heterocycles. The summed E-state index contributed by atoms with van der Waals surface area (Å²) in [7, 11) is 0. The summed E-state index contributed by atoms with van der Waals surface area (Å²) < 4.78 is 0. The van der Waals surface area contributed by atoms with Gasteiger partial charge in [0.05, 0.1) is 5.60 Å². The molecule has 1 aliphatic rings. The number of rotatable bonds is 1. The fourth-order valence-corrected chi connectivity index (χ4v) is 1.49. The second-order valence-electron chi connectivity index (χ2n) is 3.75. The van der Waals surface area contributed by atoms with Crippen LogP contribution in [0.2, 0.25) is 0 Å². The zero-order chi connectivity index (χ0) is 7.61. The SMILES string of the molecule is CC1CCC(C)(ON)CC1. The van der Waals surface area contributed by atoms with Crippen LogP contribution in [0.25, 0.3) is 0 Å². The van der Waals surface area contributed by atoms with Crippen LogP contribution >= 0.6 is 0 Å². The fraction of sp³-hybridized carbons (Fsp3) is 1.00. The van der Waals surface area contributed by atoms with Crippen molar-refractivity contribution in [3.8, 4) is 0 Å². The molecular weight excluding hydrogens is 126 g/mol. The Hall–Kier alpha value is -0.0800. The van der Waals surface area contributed by atoms with Crippen molar-refractivity contribution in [2.45, 2.75) is 45.1 Å². The van der Waals surface area contributed by atoms with E-state index in [4.69, 9.17) is 10.7 Å². The summed E-state index contributed by atoms with van der Waals surface area (Å²) in [6, 6.07) is 0. The molecule has 0 amide bonds. The van der Waals surface area contributed by atoms with Gasteiger partial charge in [0.25, 0.3) is 0 Å². The highest BCUT2D eigenvalue weighted by atomic mass is 16.6. The molecule has 0 aliphatic heterocycles. The summed E-state index contributed by atoms with van der Waals surface area (Å²) in [6.45, 7) is 4.38. The highest BCUT2D eigenvalue weighted by molar-refractivity contribution is 4.80. The van der Waals surface area contributed by atoms with Gasteiger partial charge in [-0.05, 0) is 38.5 Å². The van der Waals surface area contributed by atoms with Crippen molar-refractivity contribution in [1.82, 2.24) is 0 Å². The molecule has 0 aromatic rings. The van der Waals surface area contributed by atoms with Crippen LogP contribution in [0.4, 0.5) is 0 Å². The van der Waals surface area contributed by atoms with Gasteiger partial charge in [0, 0.05) is 0 Å². The lowest BCUT2D eigenvalue weighted by molar-refractivity contribution is -0.0656. The lowest BCUT2D eigenvalue weighted by Gasteiger charge is -2.33. The van der Waals surface area contributed by atoms with E-state index in [2.05, 4.69) is 13.8 Å². The van der Waals surface area contributed by atoms with Crippen LogP contribution in [0.15, 0.2) is 0 Å². The first kappa shape index (κ1) is 8.02. The first-order valence-corrected chi connectivity index (χ1v) is 4.04. The maximum atomic E-state index is 5.18. The summed E-state index contributed by atoms with van der Waals surface area (Å²) in [5, 5.41) is 0. The molecule has 0 atom stereocenters. The molecule has 0 unspecified atom stereocenters. The molecule has 10 heavy (non-hydrogen) atoms. The molecule has 2 heteroatoms. The quantitative estimate of drug-likeness (QED) is 0.568. The molecule has 0 spiro atoms.